The summed E-state index contributed by atoms with van der Waals surface area (Å²) >= 11 is 0. The Balaban J connectivity index is 1.58. The molecule has 7 heteroatoms. The summed E-state index contributed by atoms with van der Waals surface area (Å²) in [6, 6.07) is 19.1. The molecule has 0 atom stereocenters. The van der Waals surface area contributed by atoms with E-state index in [4.69, 9.17) is 5.10 Å². The predicted octanol–water partition coefficient (Wildman–Crippen LogP) is 4.31. The zero-order valence-corrected chi connectivity index (χ0v) is 19.0. The number of amides is 2. The van der Waals surface area contributed by atoms with E-state index < -0.39 is 0 Å². The average molecular weight is 452 g/mol. The van der Waals surface area contributed by atoms with Gasteiger partial charge in [0.15, 0.2) is 0 Å². The van der Waals surface area contributed by atoms with Gasteiger partial charge in [-0.15, -0.1) is 0 Å². The van der Waals surface area contributed by atoms with Crippen LogP contribution in [-0.2, 0) is 11.3 Å². The van der Waals surface area contributed by atoms with Gasteiger partial charge in [-0.1, -0.05) is 36.4 Å². The number of carbonyl (C=O) groups is 2. The maximum absolute atomic E-state index is 12.7. The summed E-state index contributed by atoms with van der Waals surface area (Å²) in [6.45, 7) is 2.41. The molecule has 0 aliphatic rings. The maximum atomic E-state index is 12.7. The molecule has 0 saturated carbocycles. The van der Waals surface area contributed by atoms with E-state index in [1.54, 1.807) is 50.6 Å². The van der Waals surface area contributed by atoms with Gasteiger partial charge in [0.05, 0.1) is 6.54 Å². The van der Waals surface area contributed by atoms with Crippen molar-refractivity contribution in [3.05, 3.63) is 108 Å². The zero-order valence-electron chi connectivity index (χ0n) is 19.0. The number of carbonyl (C=O) groups excluding carboxylic acids is 2. The SMILES string of the molecule is CNC(=O)c1cccc(NC(=O)C=Cc2cn(Cc3ccccc3)nc2-c2cccnc2)c1C. The second-order valence-corrected chi connectivity index (χ2v) is 7.74. The van der Waals surface area contributed by atoms with Crippen LogP contribution in [0.3, 0.4) is 0 Å². The van der Waals surface area contributed by atoms with Gasteiger partial charge in [-0.2, -0.15) is 5.10 Å². The standard InChI is InChI=1S/C27H25N5O2/c1-19-23(27(34)28-2)11-6-12-24(19)30-25(33)14-13-22-18-32(17-20-8-4-3-5-9-20)31-26(22)21-10-7-15-29-16-21/h3-16,18H,17H2,1-2H3,(H,28,34)(H,30,33). The van der Waals surface area contributed by atoms with Crippen molar-refractivity contribution in [1.29, 1.82) is 0 Å². The van der Waals surface area contributed by atoms with Crippen molar-refractivity contribution < 1.29 is 9.59 Å². The fourth-order valence-electron chi connectivity index (χ4n) is 3.63. The van der Waals surface area contributed by atoms with Gasteiger partial charge in [-0.25, -0.2) is 0 Å². The molecule has 0 aliphatic heterocycles. The molecule has 0 spiro atoms. The van der Waals surface area contributed by atoms with E-state index in [9.17, 15) is 9.59 Å². The Kier molecular flexibility index (Phi) is 6.93. The van der Waals surface area contributed by atoms with Gasteiger partial charge in [0, 0.05) is 54.1 Å². The Bertz CT molecular complexity index is 1330. The Hall–Kier alpha value is -4.52. The number of nitrogens with one attached hydrogen (secondary N) is 2. The first-order chi connectivity index (χ1) is 16.5. The maximum Gasteiger partial charge on any atom is 0.251 e. The third-order valence-electron chi connectivity index (χ3n) is 5.39. The Morgan fingerprint density at radius 2 is 1.85 bits per heavy atom. The van der Waals surface area contributed by atoms with Gasteiger partial charge < -0.3 is 10.6 Å². The third kappa shape index (κ3) is 5.27. The minimum atomic E-state index is -0.301. The number of rotatable bonds is 7. The zero-order chi connectivity index (χ0) is 23.9. The summed E-state index contributed by atoms with van der Waals surface area (Å²) in [4.78, 5) is 28.9. The summed E-state index contributed by atoms with van der Waals surface area (Å²) in [5.74, 6) is -0.499. The number of nitrogens with zero attached hydrogens (tertiary/aromatic N) is 3. The molecule has 0 unspecified atom stereocenters. The molecule has 0 radical (unpaired) electrons. The van der Waals surface area contributed by atoms with Crippen LogP contribution in [0.1, 0.15) is 27.0 Å². The highest BCUT2D eigenvalue weighted by Gasteiger charge is 2.13. The van der Waals surface area contributed by atoms with E-state index in [1.165, 1.54) is 6.08 Å². The second kappa shape index (κ2) is 10.4. The van der Waals surface area contributed by atoms with Crippen LogP contribution >= 0.6 is 0 Å². The van der Waals surface area contributed by atoms with Gasteiger partial charge in [0.2, 0.25) is 5.91 Å². The summed E-state index contributed by atoms with van der Waals surface area (Å²) in [5.41, 5.74) is 5.34. The van der Waals surface area contributed by atoms with Crippen LogP contribution in [0.2, 0.25) is 0 Å². The molecule has 4 aromatic rings. The lowest BCUT2D eigenvalue weighted by atomic mass is 10.1. The van der Waals surface area contributed by atoms with Gasteiger partial charge in [-0.3, -0.25) is 19.3 Å². The Morgan fingerprint density at radius 3 is 2.59 bits per heavy atom. The topological polar surface area (TPSA) is 88.9 Å². The van der Waals surface area contributed by atoms with Crippen molar-refractivity contribution >= 4 is 23.6 Å². The van der Waals surface area contributed by atoms with Gasteiger partial charge in [0.25, 0.3) is 5.91 Å². The molecule has 0 bridgehead atoms. The minimum absolute atomic E-state index is 0.198. The van der Waals surface area contributed by atoms with Crippen molar-refractivity contribution in [2.45, 2.75) is 13.5 Å². The van der Waals surface area contributed by atoms with Crippen LogP contribution in [0, 0.1) is 6.92 Å². The fraction of sp³-hybridized carbons (Fsp3) is 0.111. The summed E-state index contributed by atoms with van der Waals surface area (Å²) in [6.07, 6.45) is 8.58. The van der Waals surface area contributed by atoms with E-state index >= 15 is 0 Å². The lowest BCUT2D eigenvalue weighted by Crippen LogP contribution is -2.20. The molecular formula is C27H25N5O2. The average Bonchev–Trinajstić information content (AvgIpc) is 3.27. The number of hydrogen-bond donors (Lipinski definition) is 2. The number of benzene rings is 2. The molecule has 7 nitrogen and oxygen atoms in total. The normalized spacial score (nSPS) is 10.9. The number of pyridine rings is 1. The molecule has 170 valence electrons. The van der Waals surface area contributed by atoms with E-state index in [-0.39, 0.29) is 11.8 Å². The smallest absolute Gasteiger partial charge is 0.251 e. The molecule has 0 aliphatic carbocycles. The van der Waals surface area contributed by atoms with Crippen LogP contribution in [0.5, 0.6) is 0 Å². The van der Waals surface area contributed by atoms with Gasteiger partial charge >= 0.3 is 0 Å². The molecule has 2 amide bonds. The summed E-state index contributed by atoms with van der Waals surface area (Å²) < 4.78 is 1.85. The number of hydrogen-bond acceptors (Lipinski definition) is 4. The largest absolute Gasteiger partial charge is 0.355 e. The van der Waals surface area contributed by atoms with Crippen LogP contribution in [-0.4, -0.2) is 33.6 Å². The molecule has 4 rings (SSSR count). The van der Waals surface area contributed by atoms with Crippen LogP contribution in [0.4, 0.5) is 5.69 Å². The Labute approximate surface area is 198 Å². The third-order valence-corrected chi connectivity index (χ3v) is 5.39. The molecule has 2 aromatic carbocycles. The van der Waals surface area contributed by atoms with Crippen molar-refractivity contribution in [1.82, 2.24) is 20.1 Å². The monoisotopic (exact) mass is 451 g/mol. The molecule has 2 heterocycles. The van der Waals surface area contributed by atoms with Gasteiger partial charge in [0.1, 0.15) is 5.69 Å². The van der Waals surface area contributed by atoms with Crippen molar-refractivity contribution in [2.24, 2.45) is 0 Å². The van der Waals surface area contributed by atoms with Crippen LogP contribution < -0.4 is 10.6 Å². The highest BCUT2D eigenvalue weighted by molar-refractivity contribution is 6.04. The first kappa shape index (κ1) is 22.7. The van der Waals surface area contributed by atoms with Crippen LogP contribution in [0.25, 0.3) is 17.3 Å². The lowest BCUT2D eigenvalue weighted by molar-refractivity contribution is -0.111. The molecule has 2 N–H and O–H groups in total. The fourth-order valence-corrected chi connectivity index (χ4v) is 3.63. The predicted molar refractivity (Wildman–Crippen MR) is 133 cm³/mol. The summed E-state index contributed by atoms with van der Waals surface area (Å²) in [7, 11) is 1.58. The van der Waals surface area contributed by atoms with Crippen molar-refractivity contribution in [3.8, 4) is 11.3 Å². The van der Waals surface area contributed by atoms with E-state index in [0.717, 1.165) is 22.4 Å². The van der Waals surface area contributed by atoms with Crippen molar-refractivity contribution in [2.75, 3.05) is 12.4 Å². The van der Waals surface area contributed by atoms with E-state index in [2.05, 4.69) is 15.6 Å². The quantitative estimate of drug-likeness (QED) is 0.410. The molecule has 0 fully saturated rings. The second-order valence-electron chi connectivity index (χ2n) is 7.74. The number of anilines is 1. The number of aromatic nitrogens is 3. The first-order valence-corrected chi connectivity index (χ1v) is 10.9. The molecular weight excluding hydrogens is 426 g/mol. The summed E-state index contributed by atoms with van der Waals surface area (Å²) in [5, 5.41) is 10.2. The van der Waals surface area contributed by atoms with Crippen molar-refractivity contribution in [3.63, 3.8) is 0 Å². The minimum Gasteiger partial charge on any atom is -0.355 e. The molecule has 34 heavy (non-hydrogen) atoms. The highest BCUT2D eigenvalue weighted by Crippen LogP contribution is 2.23. The van der Waals surface area contributed by atoms with E-state index in [1.807, 2.05) is 53.3 Å². The first-order valence-electron chi connectivity index (χ1n) is 10.9. The molecule has 0 saturated heterocycles. The lowest BCUT2D eigenvalue weighted by Gasteiger charge is -2.10. The van der Waals surface area contributed by atoms with E-state index in [0.29, 0.717) is 23.4 Å². The van der Waals surface area contributed by atoms with Gasteiger partial charge in [-0.05, 0) is 48.4 Å². The van der Waals surface area contributed by atoms with Crippen LogP contribution in [0.15, 0.2) is 85.3 Å². The highest BCUT2D eigenvalue weighted by atomic mass is 16.2. The molecule has 2 aromatic heterocycles. The Morgan fingerprint density at radius 1 is 1.03 bits per heavy atom.